The van der Waals surface area contributed by atoms with Crippen molar-refractivity contribution in [2.45, 2.75) is 103 Å². The zero-order valence-corrected chi connectivity index (χ0v) is 19.1. The SMILES string of the molecule is CC(C)(CCCCCC(=O)CCCCCC(C)(C)OP(=O)(O)O)OP(=O)(O)O. The van der Waals surface area contributed by atoms with Crippen LogP contribution in [0.3, 0.4) is 0 Å². The number of hydrogen-bond acceptors (Lipinski definition) is 5. The average molecular weight is 446 g/mol. The van der Waals surface area contributed by atoms with E-state index in [0.29, 0.717) is 25.7 Å². The monoisotopic (exact) mass is 446 g/mol. The smallest absolute Gasteiger partial charge is 0.303 e. The molecule has 0 saturated carbocycles. The number of carbonyl (C=O) groups is 1. The van der Waals surface area contributed by atoms with Crippen molar-refractivity contribution in [2.24, 2.45) is 0 Å². The topological polar surface area (TPSA) is 151 Å². The highest BCUT2D eigenvalue weighted by atomic mass is 31.2. The zero-order chi connectivity index (χ0) is 22.1. The maximum atomic E-state index is 11.9. The van der Waals surface area contributed by atoms with Gasteiger partial charge in [-0.1, -0.05) is 25.7 Å². The van der Waals surface area contributed by atoms with E-state index in [-0.39, 0.29) is 5.78 Å². The quantitative estimate of drug-likeness (QED) is 0.202. The lowest BCUT2D eigenvalue weighted by Crippen LogP contribution is -2.22. The van der Waals surface area contributed by atoms with Crippen LogP contribution in [0.5, 0.6) is 0 Å². The Balaban J connectivity index is 3.79. The van der Waals surface area contributed by atoms with Crippen molar-refractivity contribution in [2.75, 3.05) is 0 Å². The Bertz CT molecular complexity index is 515. The van der Waals surface area contributed by atoms with Crippen molar-refractivity contribution in [1.29, 1.82) is 0 Å². The second-order valence-electron chi connectivity index (χ2n) is 8.34. The van der Waals surface area contributed by atoms with Crippen LogP contribution in [0.1, 0.15) is 91.9 Å². The number of Topliss-reactive ketones (excluding diaryl/α,β-unsaturated/α-hetero) is 1. The predicted octanol–water partition coefficient (Wildman–Crippen LogP) is 4.23. The number of carbonyl (C=O) groups excluding carboxylic acids is 1. The van der Waals surface area contributed by atoms with Crippen molar-refractivity contribution < 1.29 is 42.5 Å². The van der Waals surface area contributed by atoms with Gasteiger partial charge in [0.1, 0.15) is 5.78 Å². The lowest BCUT2D eigenvalue weighted by molar-refractivity contribution is -0.119. The highest BCUT2D eigenvalue weighted by Gasteiger charge is 2.29. The molecule has 28 heavy (non-hydrogen) atoms. The van der Waals surface area contributed by atoms with Crippen LogP contribution < -0.4 is 0 Å². The molecule has 0 spiro atoms. The van der Waals surface area contributed by atoms with E-state index >= 15 is 0 Å². The van der Waals surface area contributed by atoms with Crippen LogP contribution in [0.15, 0.2) is 0 Å². The standard InChI is InChI=1S/C17H36O9P2/c1-16(2,25-27(19,20)21)13-9-5-7-11-15(18)12-8-6-10-14-17(3,4)26-28(22,23)24/h5-14H2,1-4H3,(H2,19,20,21)(H2,22,23,24). The first-order valence-corrected chi connectivity index (χ1v) is 12.6. The number of phosphoric ester groups is 2. The second-order valence-corrected chi connectivity index (χ2v) is 10.7. The summed E-state index contributed by atoms with van der Waals surface area (Å²) < 4.78 is 31.2. The zero-order valence-electron chi connectivity index (χ0n) is 17.3. The summed E-state index contributed by atoms with van der Waals surface area (Å²) in [6.45, 7) is 6.51. The van der Waals surface area contributed by atoms with Gasteiger partial charge in [-0.3, -0.25) is 13.8 Å². The molecule has 0 atom stereocenters. The minimum atomic E-state index is -4.50. The lowest BCUT2D eigenvalue weighted by atomic mass is 9.98. The number of hydrogen-bond donors (Lipinski definition) is 4. The molecular formula is C17H36O9P2. The lowest BCUT2D eigenvalue weighted by Gasteiger charge is -2.25. The van der Waals surface area contributed by atoms with Crippen LogP contribution in [-0.2, 0) is 23.0 Å². The molecule has 0 radical (unpaired) electrons. The van der Waals surface area contributed by atoms with E-state index in [4.69, 9.17) is 28.6 Å². The predicted molar refractivity (Wildman–Crippen MR) is 106 cm³/mol. The third-order valence-corrected chi connectivity index (χ3v) is 5.67. The molecule has 0 aliphatic rings. The molecule has 0 bridgehead atoms. The summed E-state index contributed by atoms with van der Waals surface area (Å²) in [6.07, 6.45) is 6.42. The van der Waals surface area contributed by atoms with E-state index in [1.807, 2.05) is 0 Å². The molecule has 0 aliphatic heterocycles. The van der Waals surface area contributed by atoms with E-state index in [2.05, 4.69) is 0 Å². The van der Waals surface area contributed by atoms with Crippen LogP contribution in [-0.4, -0.2) is 36.6 Å². The molecular weight excluding hydrogens is 410 g/mol. The summed E-state index contributed by atoms with van der Waals surface area (Å²) in [7, 11) is -9.00. The third kappa shape index (κ3) is 18.0. The van der Waals surface area contributed by atoms with Crippen LogP contribution in [0.25, 0.3) is 0 Å². The van der Waals surface area contributed by atoms with Crippen molar-refractivity contribution in [3.63, 3.8) is 0 Å². The normalized spacial score (nSPS) is 13.7. The minimum Gasteiger partial charge on any atom is -0.303 e. The molecule has 0 amide bonds. The summed E-state index contributed by atoms with van der Waals surface area (Å²) in [5.41, 5.74) is -1.80. The molecule has 0 aliphatic carbocycles. The van der Waals surface area contributed by atoms with Gasteiger partial charge in [0, 0.05) is 12.8 Å². The van der Waals surface area contributed by atoms with Gasteiger partial charge in [-0.15, -0.1) is 0 Å². The minimum absolute atomic E-state index is 0.177. The maximum Gasteiger partial charge on any atom is 0.470 e. The number of unbranched alkanes of at least 4 members (excludes halogenated alkanes) is 4. The molecule has 4 N–H and O–H groups in total. The van der Waals surface area contributed by atoms with Crippen LogP contribution in [0, 0.1) is 0 Å². The molecule has 0 rings (SSSR count). The van der Waals surface area contributed by atoms with Crippen LogP contribution in [0.2, 0.25) is 0 Å². The van der Waals surface area contributed by atoms with Gasteiger partial charge in [0.15, 0.2) is 0 Å². The first kappa shape index (κ1) is 27.9. The van der Waals surface area contributed by atoms with Crippen molar-refractivity contribution in [1.82, 2.24) is 0 Å². The number of rotatable bonds is 16. The van der Waals surface area contributed by atoms with Gasteiger partial charge in [-0.05, 0) is 53.4 Å². The average Bonchev–Trinajstić information content (AvgIpc) is 2.40. The van der Waals surface area contributed by atoms with Gasteiger partial charge in [0.05, 0.1) is 11.2 Å². The molecule has 0 aromatic carbocycles. The fraction of sp³-hybridized carbons (Fsp3) is 0.941. The molecule has 0 unspecified atom stereocenters. The molecule has 9 nitrogen and oxygen atoms in total. The largest absolute Gasteiger partial charge is 0.470 e. The van der Waals surface area contributed by atoms with Crippen molar-refractivity contribution in [3.8, 4) is 0 Å². The Morgan fingerprint density at radius 3 is 1.29 bits per heavy atom. The summed E-state index contributed by atoms with van der Waals surface area (Å²) in [6, 6.07) is 0. The molecule has 0 aromatic heterocycles. The summed E-state index contributed by atoms with van der Waals surface area (Å²) in [5, 5.41) is 0. The second kappa shape index (κ2) is 11.9. The molecule has 11 heteroatoms. The highest BCUT2D eigenvalue weighted by molar-refractivity contribution is 7.46. The Morgan fingerprint density at radius 1 is 0.679 bits per heavy atom. The van der Waals surface area contributed by atoms with E-state index < -0.39 is 26.8 Å². The van der Waals surface area contributed by atoms with Gasteiger partial charge in [0.2, 0.25) is 0 Å². The third-order valence-electron chi connectivity index (χ3n) is 4.20. The fourth-order valence-electron chi connectivity index (χ4n) is 2.96. The van der Waals surface area contributed by atoms with Gasteiger partial charge in [-0.2, -0.15) is 0 Å². The van der Waals surface area contributed by atoms with Gasteiger partial charge < -0.3 is 19.6 Å². The molecule has 0 fully saturated rings. The molecule has 0 heterocycles. The molecule has 0 saturated heterocycles. The Morgan fingerprint density at radius 2 is 1.00 bits per heavy atom. The maximum absolute atomic E-state index is 11.9. The van der Waals surface area contributed by atoms with Crippen LogP contribution in [0.4, 0.5) is 0 Å². The summed E-state index contributed by atoms with van der Waals surface area (Å²) in [5.74, 6) is 0.177. The Hall–Kier alpha value is -0.110. The van der Waals surface area contributed by atoms with E-state index in [9.17, 15) is 13.9 Å². The first-order valence-electron chi connectivity index (χ1n) is 9.56. The summed E-state index contributed by atoms with van der Waals surface area (Å²) >= 11 is 0. The molecule has 0 aromatic rings. The fourth-order valence-corrected chi connectivity index (χ4v) is 4.43. The Kier molecular flexibility index (Phi) is 11.9. The molecule has 168 valence electrons. The first-order chi connectivity index (χ1) is 12.5. The van der Waals surface area contributed by atoms with Gasteiger partial charge >= 0.3 is 15.6 Å². The van der Waals surface area contributed by atoms with Crippen molar-refractivity contribution in [3.05, 3.63) is 0 Å². The van der Waals surface area contributed by atoms with Crippen LogP contribution >= 0.6 is 15.6 Å². The number of ketones is 1. The highest BCUT2D eigenvalue weighted by Crippen LogP contribution is 2.43. The summed E-state index contributed by atoms with van der Waals surface area (Å²) in [4.78, 5) is 47.3. The van der Waals surface area contributed by atoms with Crippen molar-refractivity contribution >= 4 is 21.4 Å². The number of phosphoric acid groups is 2. The van der Waals surface area contributed by atoms with E-state index in [1.54, 1.807) is 27.7 Å². The van der Waals surface area contributed by atoms with E-state index in [0.717, 1.165) is 38.5 Å². The van der Waals surface area contributed by atoms with Gasteiger partial charge in [-0.25, -0.2) is 9.13 Å². The Labute approximate surface area is 167 Å². The van der Waals surface area contributed by atoms with Gasteiger partial charge in [0.25, 0.3) is 0 Å². The van der Waals surface area contributed by atoms with E-state index in [1.165, 1.54) is 0 Å².